The predicted octanol–water partition coefficient (Wildman–Crippen LogP) is 4.67. The third-order valence-electron chi connectivity index (χ3n) is 5.52. The Morgan fingerprint density at radius 2 is 1.42 bits per heavy atom. The zero-order valence-corrected chi connectivity index (χ0v) is 17.7. The van der Waals surface area contributed by atoms with Gasteiger partial charge < -0.3 is 4.90 Å². The summed E-state index contributed by atoms with van der Waals surface area (Å²) in [5, 5.41) is 0.550. The molecule has 1 aliphatic rings. The molecule has 0 atom stereocenters. The number of nitrogens with zero attached hydrogens (tertiary/aromatic N) is 2. The van der Waals surface area contributed by atoms with Crippen LogP contribution in [0.4, 0.5) is 4.39 Å². The average Bonchev–Trinajstić information content (AvgIpc) is 2.81. The van der Waals surface area contributed by atoms with E-state index in [9.17, 15) is 14.0 Å². The number of hydrogen-bond acceptors (Lipinski definition) is 3. The van der Waals surface area contributed by atoms with Crippen molar-refractivity contribution in [3.8, 4) is 0 Å². The highest BCUT2D eigenvalue weighted by molar-refractivity contribution is 6.30. The Balaban J connectivity index is 1.45. The Labute approximate surface area is 185 Å². The molecule has 0 radical (unpaired) electrons. The van der Waals surface area contributed by atoms with Crippen LogP contribution in [0, 0.1) is 5.82 Å². The summed E-state index contributed by atoms with van der Waals surface area (Å²) < 4.78 is 13.9. The van der Waals surface area contributed by atoms with Gasteiger partial charge in [-0.1, -0.05) is 48.0 Å². The minimum Gasteiger partial charge on any atom is -0.336 e. The number of amides is 1. The molecule has 0 spiro atoms. The number of carbonyl (C=O) groups excluding carboxylic acids is 2. The molecule has 0 N–H and O–H groups in total. The first kappa shape index (κ1) is 21.2. The smallest absolute Gasteiger partial charge is 0.254 e. The van der Waals surface area contributed by atoms with E-state index in [1.165, 1.54) is 6.07 Å². The number of carbonyl (C=O) groups is 2. The number of halogens is 2. The maximum Gasteiger partial charge on any atom is 0.254 e. The summed E-state index contributed by atoms with van der Waals surface area (Å²) in [5.74, 6) is -0.585. The molecule has 0 aromatic heterocycles. The molecule has 158 valence electrons. The van der Waals surface area contributed by atoms with Crippen LogP contribution in [0.3, 0.4) is 0 Å². The Hall–Kier alpha value is -3.02. The summed E-state index contributed by atoms with van der Waals surface area (Å²) >= 11 is 5.92. The molecule has 1 heterocycles. The fraction of sp³-hybridized carbons (Fsp3) is 0.200. The van der Waals surface area contributed by atoms with Crippen LogP contribution in [-0.2, 0) is 6.54 Å². The number of ketones is 1. The first-order valence-corrected chi connectivity index (χ1v) is 10.5. The van der Waals surface area contributed by atoms with Crippen molar-refractivity contribution >= 4 is 23.3 Å². The molecule has 4 nitrogen and oxygen atoms in total. The number of rotatable bonds is 5. The molecule has 3 aromatic carbocycles. The van der Waals surface area contributed by atoms with Crippen molar-refractivity contribution in [3.63, 3.8) is 0 Å². The van der Waals surface area contributed by atoms with Crippen molar-refractivity contribution in [2.75, 3.05) is 26.2 Å². The molecule has 31 heavy (non-hydrogen) atoms. The van der Waals surface area contributed by atoms with E-state index in [2.05, 4.69) is 4.90 Å². The van der Waals surface area contributed by atoms with Crippen LogP contribution < -0.4 is 0 Å². The highest BCUT2D eigenvalue weighted by Crippen LogP contribution is 2.20. The summed E-state index contributed by atoms with van der Waals surface area (Å²) in [4.78, 5) is 30.1. The van der Waals surface area contributed by atoms with Gasteiger partial charge in [-0.05, 0) is 36.4 Å². The first-order valence-electron chi connectivity index (χ1n) is 10.2. The van der Waals surface area contributed by atoms with Gasteiger partial charge in [-0.2, -0.15) is 0 Å². The van der Waals surface area contributed by atoms with Gasteiger partial charge in [0.2, 0.25) is 0 Å². The molecule has 0 unspecified atom stereocenters. The molecule has 1 aliphatic heterocycles. The van der Waals surface area contributed by atoms with Gasteiger partial charge in [0.1, 0.15) is 5.82 Å². The van der Waals surface area contributed by atoms with Crippen molar-refractivity contribution in [3.05, 3.63) is 106 Å². The van der Waals surface area contributed by atoms with Crippen molar-refractivity contribution in [1.82, 2.24) is 9.80 Å². The lowest BCUT2D eigenvalue weighted by Gasteiger charge is -2.35. The highest BCUT2D eigenvalue weighted by Gasteiger charge is 2.26. The van der Waals surface area contributed by atoms with E-state index in [1.807, 2.05) is 6.07 Å². The fourth-order valence-corrected chi connectivity index (χ4v) is 3.90. The van der Waals surface area contributed by atoms with Crippen LogP contribution in [-0.4, -0.2) is 47.7 Å². The molecule has 1 fully saturated rings. The minimum atomic E-state index is -0.212. The first-order chi connectivity index (χ1) is 15.0. The van der Waals surface area contributed by atoms with Crippen LogP contribution in [0.5, 0.6) is 0 Å². The maximum atomic E-state index is 13.9. The van der Waals surface area contributed by atoms with Crippen LogP contribution in [0.15, 0.2) is 72.8 Å². The zero-order valence-electron chi connectivity index (χ0n) is 16.9. The van der Waals surface area contributed by atoms with Gasteiger partial charge in [0, 0.05) is 54.4 Å². The number of benzene rings is 3. The largest absolute Gasteiger partial charge is 0.336 e. The lowest BCUT2D eigenvalue weighted by molar-refractivity contribution is 0.0624. The predicted molar refractivity (Wildman–Crippen MR) is 119 cm³/mol. The Morgan fingerprint density at radius 1 is 0.806 bits per heavy atom. The SMILES string of the molecule is O=C(c1ccc(Cl)cc1)c1ccccc1C(=O)N1CCN(Cc2ccccc2F)CC1. The molecule has 1 saturated heterocycles. The van der Waals surface area contributed by atoms with Crippen LogP contribution in [0.2, 0.25) is 5.02 Å². The highest BCUT2D eigenvalue weighted by atomic mass is 35.5. The van der Waals surface area contributed by atoms with E-state index in [0.717, 1.165) is 0 Å². The van der Waals surface area contributed by atoms with E-state index in [4.69, 9.17) is 11.6 Å². The van der Waals surface area contributed by atoms with Gasteiger partial charge in [-0.3, -0.25) is 14.5 Å². The molecule has 0 saturated carbocycles. The average molecular weight is 437 g/mol. The molecule has 6 heteroatoms. The zero-order chi connectivity index (χ0) is 21.8. The van der Waals surface area contributed by atoms with Gasteiger partial charge in [0.15, 0.2) is 5.78 Å². The summed E-state index contributed by atoms with van der Waals surface area (Å²) in [6.07, 6.45) is 0. The molecule has 0 bridgehead atoms. The Bertz CT molecular complexity index is 1090. The third-order valence-corrected chi connectivity index (χ3v) is 5.77. The lowest BCUT2D eigenvalue weighted by atomic mass is 9.97. The summed E-state index contributed by atoms with van der Waals surface area (Å²) in [7, 11) is 0. The van der Waals surface area contributed by atoms with E-state index in [1.54, 1.807) is 65.6 Å². The molecule has 1 amide bonds. The van der Waals surface area contributed by atoms with Crippen LogP contribution in [0.25, 0.3) is 0 Å². The second-order valence-corrected chi connectivity index (χ2v) is 7.98. The van der Waals surface area contributed by atoms with Gasteiger partial charge in [0.05, 0.1) is 5.56 Å². The van der Waals surface area contributed by atoms with E-state index in [0.29, 0.717) is 60.0 Å². The monoisotopic (exact) mass is 436 g/mol. The number of hydrogen-bond donors (Lipinski definition) is 0. The summed E-state index contributed by atoms with van der Waals surface area (Å²) in [6, 6.07) is 20.3. The second kappa shape index (κ2) is 9.41. The minimum absolute atomic E-state index is 0.163. The van der Waals surface area contributed by atoms with Gasteiger partial charge >= 0.3 is 0 Å². The standard InChI is InChI=1S/C25H22ClFN2O2/c26-20-11-9-18(10-12-20)24(30)21-6-2-3-7-22(21)25(31)29-15-13-28(14-16-29)17-19-5-1-4-8-23(19)27/h1-12H,13-17H2. The summed E-state index contributed by atoms with van der Waals surface area (Å²) in [5.41, 5.74) is 1.91. The maximum absolute atomic E-state index is 13.9. The van der Waals surface area contributed by atoms with Crippen molar-refractivity contribution < 1.29 is 14.0 Å². The topological polar surface area (TPSA) is 40.6 Å². The van der Waals surface area contributed by atoms with Gasteiger partial charge in [-0.15, -0.1) is 0 Å². The molecular weight excluding hydrogens is 415 g/mol. The van der Waals surface area contributed by atoms with Crippen LogP contribution >= 0.6 is 11.6 Å². The van der Waals surface area contributed by atoms with Crippen molar-refractivity contribution in [2.45, 2.75) is 6.54 Å². The number of piperazine rings is 1. The van der Waals surface area contributed by atoms with E-state index in [-0.39, 0.29) is 17.5 Å². The summed E-state index contributed by atoms with van der Waals surface area (Å²) in [6.45, 7) is 2.86. The van der Waals surface area contributed by atoms with Crippen molar-refractivity contribution in [1.29, 1.82) is 0 Å². The van der Waals surface area contributed by atoms with Crippen LogP contribution in [0.1, 0.15) is 31.8 Å². The Kier molecular flexibility index (Phi) is 6.44. The molecule has 0 aliphatic carbocycles. The molecular formula is C25H22ClFN2O2. The quantitative estimate of drug-likeness (QED) is 0.546. The van der Waals surface area contributed by atoms with E-state index >= 15 is 0 Å². The van der Waals surface area contributed by atoms with E-state index < -0.39 is 0 Å². The molecule has 4 rings (SSSR count). The lowest BCUT2D eigenvalue weighted by Crippen LogP contribution is -2.48. The fourth-order valence-electron chi connectivity index (χ4n) is 3.77. The van der Waals surface area contributed by atoms with Crippen molar-refractivity contribution in [2.24, 2.45) is 0 Å². The molecule has 3 aromatic rings. The normalized spacial score (nSPS) is 14.5. The Morgan fingerprint density at radius 3 is 2.10 bits per heavy atom. The third kappa shape index (κ3) is 4.84. The van der Waals surface area contributed by atoms with Gasteiger partial charge in [0.25, 0.3) is 5.91 Å². The second-order valence-electron chi connectivity index (χ2n) is 7.54. The van der Waals surface area contributed by atoms with Gasteiger partial charge in [-0.25, -0.2) is 4.39 Å².